The van der Waals surface area contributed by atoms with E-state index in [4.69, 9.17) is 5.73 Å². The Balaban J connectivity index is 2.54. The van der Waals surface area contributed by atoms with Crippen molar-refractivity contribution in [2.45, 2.75) is 25.8 Å². The Labute approximate surface area is 96.8 Å². The number of aromatic nitrogens is 1. The molecule has 90 valence electrons. The first kappa shape index (κ1) is 13.1. The lowest BCUT2D eigenvalue weighted by Gasteiger charge is -2.13. The number of rotatable bonds is 5. The van der Waals surface area contributed by atoms with Crippen molar-refractivity contribution in [1.82, 2.24) is 4.98 Å². The van der Waals surface area contributed by atoms with Crippen molar-refractivity contribution in [3.05, 3.63) is 29.6 Å². The second-order valence-electron chi connectivity index (χ2n) is 4.06. The Morgan fingerprint density at radius 2 is 2.19 bits per heavy atom. The van der Waals surface area contributed by atoms with Crippen LogP contribution in [0.5, 0.6) is 0 Å². The van der Waals surface area contributed by atoms with E-state index in [0.717, 1.165) is 11.3 Å². The smallest absolute Gasteiger partial charge is 0.147 e. The predicted octanol–water partition coefficient (Wildman–Crippen LogP) is 1.21. The summed E-state index contributed by atoms with van der Waals surface area (Å²) in [5, 5.41) is 0. The van der Waals surface area contributed by atoms with Crippen LogP contribution in [0.2, 0.25) is 0 Å². The van der Waals surface area contributed by atoms with E-state index in [1.54, 1.807) is 6.20 Å². The van der Waals surface area contributed by atoms with Crippen LogP contribution >= 0.6 is 0 Å². The van der Waals surface area contributed by atoms with Gasteiger partial charge in [0.05, 0.1) is 0 Å². The standard InChI is InChI=1S/C11H18N2O2S/c1-9-10(5-3-7-13-9)11(12)6-4-8-16(2,14)15/h3,5,7,11H,4,6,8,12H2,1-2H3. The monoisotopic (exact) mass is 242 g/mol. The predicted molar refractivity (Wildman–Crippen MR) is 64.8 cm³/mol. The topological polar surface area (TPSA) is 73.0 Å². The molecule has 0 radical (unpaired) electrons. The van der Waals surface area contributed by atoms with Crippen LogP contribution in [0.1, 0.15) is 30.1 Å². The lowest BCUT2D eigenvalue weighted by atomic mass is 10.0. The summed E-state index contributed by atoms with van der Waals surface area (Å²) < 4.78 is 21.9. The van der Waals surface area contributed by atoms with Gasteiger partial charge in [-0.2, -0.15) is 0 Å². The van der Waals surface area contributed by atoms with E-state index < -0.39 is 9.84 Å². The molecule has 1 aromatic heterocycles. The number of nitrogens with two attached hydrogens (primary N) is 1. The van der Waals surface area contributed by atoms with Crippen molar-refractivity contribution >= 4 is 9.84 Å². The van der Waals surface area contributed by atoms with Crippen molar-refractivity contribution in [3.8, 4) is 0 Å². The molecule has 0 saturated heterocycles. The summed E-state index contributed by atoms with van der Waals surface area (Å²) in [6.07, 6.45) is 4.23. The van der Waals surface area contributed by atoms with Crippen molar-refractivity contribution in [2.24, 2.45) is 5.73 Å². The molecule has 4 nitrogen and oxygen atoms in total. The third kappa shape index (κ3) is 4.28. The van der Waals surface area contributed by atoms with E-state index in [9.17, 15) is 8.42 Å². The van der Waals surface area contributed by atoms with Gasteiger partial charge < -0.3 is 5.73 Å². The summed E-state index contributed by atoms with van der Waals surface area (Å²) in [5.74, 6) is 0.194. The van der Waals surface area contributed by atoms with Crippen LogP contribution in [0.4, 0.5) is 0 Å². The fraction of sp³-hybridized carbons (Fsp3) is 0.545. The first-order chi connectivity index (χ1) is 7.40. The van der Waals surface area contributed by atoms with E-state index in [2.05, 4.69) is 4.98 Å². The number of aryl methyl sites for hydroxylation is 1. The Bertz CT molecular complexity index is 443. The zero-order chi connectivity index (χ0) is 12.2. The number of pyridine rings is 1. The van der Waals surface area contributed by atoms with Gasteiger partial charge in [-0.1, -0.05) is 6.07 Å². The van der Waals surface area contributed by atoms with Gasteiger partial charge in [-0.05, 0) is 31.4 Å². The second kappa shape index (κ2) is 5.41. The minimum Gasteiger partial charge on any atom is -0.324 e. The number of sulfone groups is 1. The molecule has 0 spiro atoms. The van der Waals surface area contributed by atoms with Crippen LogP contribution < -0.4 is 5.73 Å². The molecule has 0 amide bonds. The maximum absolute atomic E-state index is 11.0. The summed E-state index contributed by atoms with van der Waals surface area (Å²) in [5.41, 5.74) is 7.90. The largest absolute Gasteiger partial charge is 0.324 e. The van der Waals surface area contributed by atoms with Crippen LogP contribution in [-0.2, 0) is 9.84 Å². The molecule has 0 aliphatic heterocycles. The van der Waals surface area contributed by atoms with Crippen molar-refractivity contribution in [3.63, 3.8) is 0 Å². The van der Waals surface area contributed by atoms with Crippen molar-refractivity contribution in [2.75, 3.05) is 12.0 Å². The Kier molecular flexibility index (Phi) is 4.44. The summed E-state index contributed by atoms with van der Waals surface area (Å²) in [6.45, 7) is 1.91. The highest BCUT2D eigenvalue weighted by molar-refractivity contribution is 7.90. The molecule has 16 heavy (non-hydrogen) atoms. The van der Waals surface area contributed by atoms with Gasteiger partial charge >= 0.3 is 0 Å². The highest BCUT2D eigenvalue weighted by Crippen LogP contribution is 2.17. The number of hydrogen-bond donors (Lipinski definition) is 1. The molecule has 2 N–H and O–H groups in total. The van der Waals surface area contributed by atoms with Gasteiger partial charge in [0.2, 0.25) is 0 Å². The molecular formula is C11H18N2O2S. The highest BCUT2D eigenvalue weighted by Gasteiger charge is 2.10. The third-order valence-electron chi connectivity index (χ3n) is 2.48. The van der Waals surface area contributed by atoms with Crippen molar-refractivity contribution in [1.29, 1.82) is 0 Å². The maximum Gasteiger partial charge on any atom is 0.147 e. The van der Waals surface area contributed by atoms with Crippen LogP contribution in [0.25, 0.3) is 0 Å². The minimum absolute atomic E-state index is 0.129. The summed E-state index contributed by atoms with van der Waals surface area (Å²) >= 11 is 0. The molecule has 0 bridgehead atoms. The summed E-state index contributed by atoms with van der Waals surface area (Å²) in [6, 6.07) is 3.65. The van der Waals surface area contributed by atoms with E-state index >= 15 is 0 Å². The van der Waals surface area contributed by atoms with Crippen molar-refractivity contribution < 1.29 is 8.42 Å². The summed E-state index contributed by atoms with van der Waals surface area (Å²) in [7, 11) is -2.88. The molecule has 1 heterocycles. The van der Waals surface area contributed by atoms with Gasteiger partial charge in [-0.25, -0.2) is 8.42 Å². The molecule has 1 rings (SSSR count). The number of nitrogens with zero attached hydrogens (tertiary/aromatic N) is 1. The van der Waals surface area contributed by atoms with E-state index in [-0.39, 0.29) is 11.8 Å². The molecule has 0 aliphatic carbocycles. The SMILES string of the molecule is Cc1ncccc1C(N)CCCS(C)(=O)=O. The fourth-order valence-electron chi connectivity index (χ4n) is 1.61. The zero-order valence-corrected chi connectivity index (χ0v) is 10.5. The molecule has 1 aromatic rings. The average molecular weight is 242 g/mol. The maximum atomic E-state index is 11.0. The third-order valence-corrected chi connectivity index (χ3v) is 3.51. The van der Waals surface area contributed by atoms with E-state index in [1.165, 1.54) is 6.26 Å². The normalized spacial score (nSPS) is 13.7. The van der Waals surface area contributed by atoms with Gasteiger partial charge in [-0.15, -0.1) is 0 Å². The first-order valence-corrected chi connectivity index (χ1v) is 7.31. The summed E-state index contributed by atoms with van der Waals surface area (Å²) in [4.78, 5) is 4.16. The molecule has 0 aliphatic rings. The molecule has 0 fully saturated rings. The zero-order valence-electron chi connectivity index (χ0n) is 9.68. The Morgan fingerprint density at radius 3 is 2.75 bits per heavy atom. The molecule has 0 saturated carbocycles. The van der Waals surface area contributed by atoms with Gasteiger partial charge in [0.25, 0.3) is 0 Å². The molecule has 0 aromatic carbocycles. The van der Waals surface area contributed by atoms with E-state index in [1.807, 2.05) is 19.1 Å². The van der Waals surface area contributed by atoms with Crippen LogP contribution in [0.3, 0.4) is 0 Å². The fourth-order valence-corrected chi connectivity index (χ4v) is 2.30. The first-order valence-electron chi connectivity index (χ1n) is 5.25. The highest BCUT2D eigenvalue weighted by atomic mass is 32.2. The Morgan fingerprint density at radius 1 is 1.50 bits per heavy atom. The van der Waals surface area contributed by atoms with Crippen LogP contribution in [-0.4, -0.2) is 25.4 Å². The van der Waals surface area contributed by atoms with Crippen LogP contribution in [0.15, 0.2) is 18.3 Å². The lowest BCUT2D eigenvalue weighted by Crippen LogP contribution is -2.14. The average Bonchev–Trinajstić information content (AvgIpc) is 2.16. The lowest BCUT2D eigenvalue weighted by molar-refractivity contribution is 0.587. The quantitative estimate of drug-likeness (QED) is 0.842. The van der Waals surface area contributed by atoms with Crippen LogP contribution in [0, 0.1) is 6.92 Å². The molecule has 5 heteroatoms. The molecular weight excluding hydrogens is 224 g/mol. The van der Waals surface area contributed by atoms with E-state index in [0.29, 0.717) is 12.8 Å². The van der Waals surface area contributed by atoms with Gasteiger partial charge in [0.15, 0.2) is 0 Å². The Hall–Kier alpha value is -0.940. The second-order valence-corrected chi connectivity index (χ2v) is 6.32. The minimum atomic E-state index is -2.88. The van der Waals surface area contributed by atoms with Gasteiger partial charge in [0.1, 0.15) is 9.84 Å². The molecule has 1 atom stereocenters. The number of hydrogen-bond acceptors (Lipinski definition) is 4. The van der Waals surface area contributed by atoms with Gasteiger partial charge in [0, 0.05) is 29.9 Å². The van der Waals surface area contributed by atoms with Gasteiger partial charge in [-0.3, -0.25) is 4.98 Å². The molecule has 1 unspecified atom stereocenters.